The highest BCUT2D eigenvalue weighted by Gasteiger charge is 2.54. The minimum absolute atomic E-state index is 0.170. The molecule has 0 radical (unpaired) electrons. The average molecular weight is 415 g/mol. The van der Waals surface area contributed by atoms with Gasteiger partial charge in [-0.15, -0.1) is 10.2 Å². The quantitative estimate of drug-likeness (QED) is 0.714. The van der Waals surface area contributed by atoms with Gasteiger partial charge in [-0.3, -0.25) is 9.36 Å². The first-order chi connectivity index (χ1) is 14.1. The molecule has 4 aliphatic carbocycles. The van der Waals surface area contributed by atoms with Crippen LogP contribution < -0.4 is 5.32 Å². The van der Waals surface area contributed by atoms with Crippen molar-refractivity contribution in [2.24, 2.45) is 23.2 Å². The van der Waals surface area contributed by atoms with Crippen LogP contribution in [0.3, 0.4) is 0 Å². The predicted octanol–water partition coefficient (Wildman–Crippen LogP) is 4.35. The minimum Gasteiger partial charge on any atom is -0.348 e. The van der Waals surface area contributed by atoms with Crippen molar-refractivity contribution < 1.29 is 9.18 Å². The first kappa shape index (κ1) is 19.1. The van der Waals surface area contributed by atoms with Crippen LogP contribution in [-0.2, 0) is 11.3 Å². The van der Waals surface area contributed by atoms with Gasteiger partial charge in [0.1, 0.15) is 5.82 Å². The molecule has 0 aliphatic heterocycles. The standard InChI is InChI=1S/C22H27FN4OS/c1-2-29-21-26-25-19(27(21)18-5-3-17(23)4-6-18)13-24-20(28)22-10-14-7-15(11-22)9-16(8-14)12-22/h3-6,14-16H,2,7-13H2,1H3,(H,24,28). The molecule has 1 aromatic heterocycles. The van der Waals surface area contributed by atoms with Gasteiger partial charge < -0.3 is 5.32 Å². The summed E-state index contributed by atoms with van der Waals surface area (Å²) in [5.74, 6) is 3.68. The lowest BCUT2D eigenvalue weighted by Crippen LogP contribution is -2.53. The van der Waals surface area contributed by atoms with Gasteiger partial charge in [0.2, 0.25) is 5.91 Å². The Morgan fingerprint density at radius 2 is 1.76 bits per heavy atom. The van der Waals surface area contributed by atoms with Gasteiger partial charge in [-0.05, 0) is 86.3 Å². The fraction of sp³-hybridized carbons (Fsp3) is 0.591. The molecule has 2 aromatic rings. The van der Waals surface area contributed by atoms with Gasteiger partial charge >= 0.3 is 0 Å². The third-order valence-electron chi connectivity index (χ3n) is 6.99. The molecule has 0 spiro atoms. The average Bonchev–Trinajstić information content (AvgIpc) is 3.08. The van der Waals surface area contributed by atoms with E-state index in [1.807, 2.05) is 4.57 Å². The molecule has 7 heteroatoms. The summed E-state index contributed by atoms with van der Waals surface area (Å²) in [6.45, 7) is 2.40. The van der Waals surface area contributed by atoms with E-state index in [0.29, 0.717) is 12.4 Å². The number of rotatable bonds is 6. The Balaban J connectivity index is 1.36. The minimum atomic E-state index is -0.275. The van der Waals surface area contributed by atoms with E-state index in [9.17, 15) is 9.18 Å². The molecule has 6 rings (SSSR count). The normalized spacial score (nSPS) is 29.9. The number of amides is 1. The van der Waals surface area contributed by atoms with E-state index in [4.69, 9.17) is 0 Å². The van der Waals surface area contributed by atoms with Crippen LogP contribution in [0.2, 0.25) is 0 Å². The van der Waals surface area contributed by atoms with E-state index in [2.05, 4.69) is 22.4 Å². The van der Waals surface area contributed by atoms with E-state index in [1.54, 1.807) is 23.9 Å². The number of benzene rings is 1. The fourth-order valence-corrected chi connectivity index (χ4v) is 6.92. The Bertz CT molecular complexity index is 875. The Morgan fingerprint density at radius 1 is 1.14 bits per heavy atom. The van der Waals surface area contributed by atoms with Crippen LogP contribution in [0.5, 0.6) is 0 Å². The second kappa shape index (κ2) is 7.42. The second-order valence-corrected chi connectivity index (χ2v) is 10.3. The first-order valence-electron chi connectivity index (χ1n) is 10.7. The summed E-state index contributed by atoms with van der Waals surface area (Å²) < 4.78 is 15.3. The highest BCUT2D eigenvalue weighted by atomic mass is 32.2. The van der Waals surface area contributed by atoms with E-state index in [1.165, 1.54) is 31.4 Å². The van der Waals surface area contributed by atoms with Crippen molar-refractivity contribution in [2.45, 2.75) is 57.1 Å². The number of hydrogen-bond donors (Lipinski definition) is 1. The molecule has 1 heterocycles. The zero-order valence-corrected chi connectivity index (χ0v) is 17.6. The summed E-state index contributed by atoms with van der Waals surface area (Å²) in [6.07, 6.45) is 7.11. The van der Waals surface area contributed by atoms with Gasteiger partial charge in [-0.1, -0.05) is 18.7 Å². The SMILES string of the molecule is CCSc1nnc(CNC(=O)C23CC4CC(CC(C4)C2)C3)n1-c1ccc(F)cc1. The van der Waals surface area contributed by atoms with Gasteiger partial charge in [-0.25, -0.2) is 4.39 Å². The summed E-state index contributed by atoms with van der Waals surface area (Å²) in [4.78, 5) is 13.3. The van der Waals surface area contributed by atoms with Crippen molar-refractivity contribution in [1.29, 1.82) is 0 Å². The summed E-state index contributed by atoms with van der Waals surface area (Å²) in [5.41, 5.74) is 0.641. The molecule has 1 aromatic carbocycles. The number of hydrogen-bond acceptors (Lipinski definition) is 4. The maximum atomic E-state index is 13.4. The summed E-state index contributed by atoms with van der Waals surface area (Å²) >= 11 is 1.59. The van der Waals surface area contributed by atoms with Crippen molar-refractivity contribution in [2.75, 3.05) is 5.75 Å². The van der Waals surface area contributed by atoms with Crippen LogP contribution in [-0.4, -0.2) is 26.4 Å². The molecule has 4 bridgehead atoms. The van der Waals surface area contributed by atoms with Crippen molar-refractivity contribution in [1.82, 2.24) is 20.1 Å². The molecule has 4 fully saturated rings. The number of aromatic nitrogens is 3. The number of halogens is 1. The molecular weight excluding hydrogens is 387 g/mol. The molecule has 4 aliphatic rings. The number of carbonyl (C=O) groups is 1. The van der Waals surface area contributed by atoms with Crippen LogP contribution in [0.25, 0.3) is 5.69 Å². The predicted molar refractivity (Wildman–Crippen MR) is 110 cm³/mol. The third kappa shape index (κ3) is 3.47. The van der Waals surface area contributed by atoms with Crippen molar-refractivity contribution in [3.8, 4) is 5.69 Å². The molecule has 1 N–H and O–H groups in total. The van der Waals surface area contributed by atoms with Crippen LogP contribution in [0.4, 0.5) is 4.39 Å². The monoisotopic (exact) mass is 414 g/mol. The summed E-state index contributed by atoms with van der Waals surface area (Å²) in [5, 5.41) is 12.6. The summed E-state index contributed by atoms with van der Waals surface area (Å²) in [6, 6.07) is 6.33. The zero-order chi connectivity index (χ0) is 20.0. The van der Waals surface area contributed by atoms with Gasteiger partial charge in [0.05, 0.1) is 6.54 Å². The lowest BCUT2D eigenvalue weighted by molar-refractivity contribution is -0.146. The summed E-state index contributed by atoms with van der Waals surface area (Å²) in [7, 11) is 0. The van der Waals surface area contributed by atoms with E-state index < -0.39 is 0 Å². The Kier molecular flexibility index (Phi) is 4.88. The number of nitrogens with zero attached hydrogens (tertiary/aromatic N) is 3. The molecular formula is C22H27FN4OS. The Morgan fingerprint density at radius 3 is 2.34 bits per heavy atom. The van der Waals surface area contributed by atoms with Gasteiger partial charge in [-0.2, -0.15) is 0 Å². The third-order valence-corrected chi connectivity index (χ3v) is 7.80. The smallest absolute Gasteiger partial charge is 0.226 e. The van der Waals surface area contributed by atoms with E-state index >= 15 is 0 Å². The topological polar surface area (TPSA) is 59.8 Å². The van der Waals surface area contributed by atoms with Gasteiger partial charge in [0.15, 0.2) is 11.0 Å². The van der Waals surface area contributed by atoms with E-state index in [0.717, 1.165) is 53.6 Å². The first-order valence-corrected chi connectivity index (χ1v) is 11.7. The van der Waals surface area contributed by atoms with Crippen LogP contribution in [0.15, 0.2) is 29.4 Å². The highest BCUT2D eigenvalue weighted by Crippen LogP contribution is 2.60. The van der Waals surface area contributed by atoms with Gasteiger partial charge in [0, 0.05) is 11.1 Å². The highest BCUT2D eigenvalue weighted by molar-refractivity contribution is 7.99. The second-order valence-electron chi connectivity index (χ2n) is 9.02. The molecule has 154 valence electrons. The maximum absolute atomic E-state index is 13.4. The Hall–Kier alpha value is -1.89. The molecule has 4 saturated carbocycles. The van der Waals surface area contributed by atoms with Crippen LogP contribution in [0.1, 0.15) is 51.3 Å². The molecule has 0 saturated heterocycles. The molecule has 0 unspecified atom stereocenters. The molecule has 5 nitrogen and oxygen atoms in total. The number of thioether (sulfide) groups is 1. The lowest BCUT2D eigenvalue weighted by atomic mass is 9.49. The Labute approximate surface area is 174 Å². The van der Waals surface area contributed by atoms with Crippen molar-refractivity contribution in [3.05, 3.63) is 35.9 Å². The maximum Gasteiger partial charge on any atom is 0.226 e. The van der Waals surface area contributed by atoms with E-state index in [-0.39, 0.29) is 17.1 Å². The van der Waals surface area contributed by atoms with Crippen LogP contribution in [0, 0.1) is 29.0 Å². The molecule has 29 heavy (non-hydrogen) atoms. The van der Waals surface area contributed by atoms with Crippen LogP contribution >= 0.6 is 11.8 Å². The van der Waals surface area contributed by atoms with Crippen molar-refractivity contribution >= 4 is 17.7 Å². The number of nitrogens with one attached hydrogen (secondary N) is 1. The fourth-order valence-electron chi connectivity index (χ4n) is 6.22. The number of carbonyl (C=O) groups excluding carboxylic acids is 1. The largest absolute Gasteiger partial charge is 0.348 e. The molecule has 1 amide bonds. The lowest BCUT2D eigenvalue weighted by Gasteiger charge is -2.55. The molecule has 0 atom stereocenters. The van der Waals surface area contributed by atoms with Crippen molar-refractivity contribution in [3.63, 3.8) is 0 Å². The zero-order valence-electron chi connectivity index (χ0n) is 16.7. The van der Waals surface area contributed by atoms with Gasteiger partial charge in [0.25, 0.3) is 0 Å².